The monoisotopic (exact) mass is 501 g/mol. The standard InChI is InChI=1S/C26H32ClN3O3S/c1-4-6-7-8-15-33-21-13-11-19(12-14-21)28-25(32)23-17-24(31)30(5-2)26(34-23)29-20-10-9-18(3)22(27)16-20/h9-14,16,23H,4-8,15,17H2,1-3H3,(H,28,32). The highest BCUT2D eigenvalue weighted by atomic mass is 35.5. The van der Waals surface area contributed by atoms with Gasteiger partial charge in [0.2, 0.25) is 11.8 Å². The molecule has 34 heavy (non-hydrogen) atoms. The molecule has 2 aromatic carbocycles. The van der Waals surface area contributed by atoms with Crippen LogP contribution in [0.2, 0.25) is 5.02 Å². The van der Waals surface area contributed by atoms with Crippen molar-refractivity contribution in [2.45, 2.75) is 58.1 Å². The molecule has 182 valence electrons. The molecule has 1 N–H and O–H groups in total. The number of benzene rings is 2. The number of unbranched alkanes of at least 4 members (excludes halogenated alkanes) is 3. The molecular weight excluding hydrogens is 470 g/mol. The Labute approximate surface area is 211 Å². The van der Waals surface area contributed by atoms with E-state index in [2.05, 4.69) is 17.2 Å². The average molecular weight is 502 g/mol. The van der Waals surface area contributed by atoms with Crippen LogP contribution in [0.3, 0.4) is 0 Å². The van der Waals surface area contributed by atoms with Crippen molar-refractivity contribution >= 4 is 51.7 Å². The molecule has 3 rings (SSSR count). The summed E-state index contributed by atoms with van der Waals surface area (Å²) in [5.74, 6) is 0.434. The number of thioether (sulfide) groups is 1. The van der Waals surface area contributed by atoms with Crippen LogP contribution < -0.4 is 10.1 Å². The number of halogens is 1. The van der Waals surface area contributed by atoms with Gasteiger partial charge in [0.1, 0.15) is 11.0 Å². The normalized spacial score (nSPS) is 17.2. The highest BCUT2D eigenvalue weighted by Gasteiger charge is 2.35. The van der Waals surface area contributed by atoms with Crippen LogP contribution in [0.15, 0.2) is 47.5 Å². The van der Waals surface area contributed by atoms with E-state index in [9.17, 15) is 9.59 Å². The topological polar surface area (TPSA) is 71.0 Å². The zero-order valence-corrected chi connectivity index (χ0v) is 21.5. The number of nitrogens with one attached hydrogen (secondary N) is 1. The molecule has 1 fully saturated rings. The molecule has 0 radical (unpaired) electrons. The fraction of sp³-hybridized carbons (Fsp3) is 0.423. The number of amides is 2. The molecule has 1 aliphatic rings. The lowest BCUT2D eigenvalue weighted by Gasteiger charge is -2.31. The van der Waals surface area contributed by atoms with E-state index < -0.39 is 5.25 Å². The Morgan fingerprint density at radius 2 is 1.94 bits per heavy atom. The van der Waals surface area contributed by atoms with Crippen molar-refractivity contribution in [3.63, 3.8) is 0 Å². The number of aliphatic imine (C=N–C) groups is 1. The smallest absolute Gasteiger partial charge is 0.238 e. The van der Waals surface area contributed by atoms with Gasteiger partial charge in [-0.3, -0.25) is 14.5 Å². The zero-order chi connectivity index (χ0) is 24.5. The highest BCUT2D eigenvalue weighted by Crippen LogP contribution is 2.31. The lowest BCUT2D eigenvalue weighted by molar-refractivity contribution is -0.129. The number of carbonyl (C=O) groups is 2. The van der Waals surface area contributed by atoms with Crippen molar-refractivity contribution in [1.29, 1.82) is 0 Å². The molecule has 0 aliphatic carbocycles. The second-order valence-electron chi connectivity index (χ2n) is 8.20. The van der Waals surface area contributed by atoms with Crippen molar-refractivity contribution in [2.24, 2.45) is 4.99 Å². The number of amidine groups is 1. The lowest BCUT2D eigenvalue weighted by atomic mass is 10.2. The van der Waals surface area contributed by atoms with Gasteiger partial charge in [-0.2, -0.15) is 0 Å². The molecule has 6 nitrogen and oxygen atoms in total. The van der Waals surface area contributed by atoms with Gasteiger partial charge in [-0.15, -0.1) is 0 Å². The second-order valence-corrected chi connectivity index (χ2v) is 9.78. The zero-order valence-electron chi connectivity index (χ0n) is 20.0. The van der Waals surface area contributed by atoms with Crippen LogP contribution in [-0.2, 0) is 9.59 Å². The first-order valence-electron chi connectivity index (χ1n) is 11.8. The molecule has 0 spiro atoms. The first-order chi connectivity index (χ1) is 16.4. The van der Waals surface area contributed by atoms with Gasteiger partial charge in [0.15, 0.2) is 5.17 Å². The fourth-order valence-corrected chi connectivity index (χ4v) is 4.83. The van der Waals surface area contributed by atoms with Gasteiger partial charge in [-0.25, -0.2) is 4.99 Å². The summed E-state index contributed by atoms with van der Waals surface area (Å²) in [6.45, 7) is 7.17. The van der Waals surface area contributed by atoms with E-state index in [4.69, 9.17) is 16.3 Å². The third kappa shape index (κ3) is 7.24. The molecule has 1 saturated heterocycles. The largest absolute Gasteiger partial charge is 0.494 e. The summed E-state index contributed by atoms with van der Waals surface area (Å²) in [5.41, 5.74) is 2.27. The molecule has 1 heterocycles. The predicted molar refractivity (Wildman–Crippen MR) is 141 cm³/mol. The molecule has 0 bridgehead atoms. The third-order valence-corrected chi connectivity index (χ3v) is 7.11. The van der Waals surface area contributed by atoms with Crippen LogP contribution in [0.5, 0.6) is 5.75 Å². The number of rotatable bonds is 10. The first kappa shape index (κ1) is 26.1. The number of anilines is 1. The van der Waals surface area contributed by atoms with E-state index >= 15 is 0 Å². The van der Waals surface area contributed by atoms with E-state index in [1.165, 1.54) is 31.0 Å². The van der Waals surface area contributed by atoms with E-state index in [0.717, 1.165) is 17.7 Å². The second kappa shape index (κ2) is 12.8. The van der Waals surface area contributed by atoms with Crippen molar-refractivity contribution < 1.29 is 14.3 Å². The predicted octanol–water partition coefficient (Wildman–Crippen LogP) is 6.59. The van der Waals surface area contributed by atoms with E-state index in [-0.39, 0.29) is 18.2 Å². The number of nitrogens with zero attached hydrogens (tertiary/aromatic N) is 2. The summed E-state index contributed by atoms with van der Waals surface area (Å²) < 4.78 is 5.76. The Hall–Kier alpha value is -2.51. The van der Waals surface area contributed by atoms with Gasteiger partial charge in [-0.1, -0.05) is 55.6 Å². The minimum Gasteiger partial charge on any atom is -0.494 e. The molecular formula is C26H32ClN3O3S. The molecule has 0 saturated carbocycles. The molecule has 2 aromatic rings. The number of ether oxygens (including phenoxy) is 1. The Bertz CT molecular complexity index is 1030. The third-order valence-electron chi connectivity index (χ3n) is 5.52. The quantitative estimate of drug-likeness (QED) is 0.373. The summed E-state index contributed by atoms with van der Waals surface area (Å²) in [6.07, 6.45) is 4.74. The van der Waals surface area contributed by atoms with Gasteiger partial charge in [0.05, 0.1) is 12.3 Å². The Kier molecular flexibility index (Phi) is 9.84. The van der Waals surface area contributed by atoms with Gasteiger partial charge < -0.3 is 10.1 Å². The van der Waals surface area contributed by atoms with Crippen molar-refractivity contribution in [2.75, 3.05) is 18.5 Å². The number of hydrogen-bond donors (Lipinski definition) is 1. The lowest BCUT2D eigenvalue weighted by Crippen LogP contribution is -2.45. The maximum atomic E-state index is 13.0. The van der Waals surface area contributed by atoms with Gasteiger partial charge >= 0.3 is 0 Å². The molecule has 1 aliphatic heterocycles. The van der Waals surface area contributed by atoms with Gasteiger partial charge in [-0.05, 0) is 62.2 Å². The van der Waals surface area contributed by atoms with E-state index in [1.54, 1.807) is 11.0 Å². The molecule has 8 heteroatoms. The Morgan fingerprint density at radius 1 is 1.18 bits per heavy atom. The summed E-state index contributed by atoms with van der Waals surface area (Å²) in [5, 5.41) is 3.47. The summed E-state index contributed by atoms with van der Waals surface area (Å²) in [4.78, 5) is 31.9. The van der Waals surface area contributed by atoms with E-state index in [0.29, 0.717) is 34.7 Å². The molecule has 0 aromatic heterocycles. The van der Waals surface area contributed by atoms with Crippen LogP contribution in [-0.4, -0.2) is 40.3 Å². The van der Waals surface area contributed by atoms with Crippen LogP contribution in [0, 0.1) is 6.92 Å². The maximum Gasteiger partial charge on any atom is 0.238 e. The van der Waals surface area contributed by atoms with Crippen LogP contribution in [0.1, 0.15) is 51.5 Å². The SMILES string of the molecule is CCCCCCOc1ccc(NC(=O)C2CC(=O)N(CC)C(=Nc3ccc(C)c(Cl)c3)S2)cc1. The van der Waals surface area contributed by atoms with Crippen LogP contribution in [0.25, 0.3) is 0 Å². The summed E-state index contributed by atoms with van der Waals surface area (Å²) in [6, 6.07) is 12.8. The average Bonchev–Trinajstić information content (AvgIpc) is 2.82. The molecule has 1 unspecified atom stereocenters. The molecule has 2 amide bonds. The van der Waals surface area contributed by atoms with Crippen LogP contribution in [0.4, 0.5) is 11.4 Å². The van der Waals surface area contributed by atoms with Gasteiger partial charge in [0.25, 0.3) is 0 Å². The van der Waals surface area contributed by atoms with Crippen molar-refractivity contribution in [1.82, 2.24) is 4.90 Å². The summed E-state index contributed by atoms with van der Waals surface area (Å²) in [7, 11) is 0. The minimum absolute atomic E-state index is 0.120. The maximum absolute atomic E-state index is 13.0. The van der Waals surface area contributed by atoms with Crippen molar-refractivity contribution in [3.8, 4) is 5.75 Å². The minimum atomic E-state index is -0.565. The fourth-order valence-electron chi connectivity index (χ4n) is 3.49. The summed E-state index contributed by atoms with van der Waals surface area (Å²) >= 11 is 7.53. The number of hydrogen-bond acceptors (Lipinski definition) is 5. The highest BCUT2D eigenvalue weighted by molar-refractivity contribution is 8.15. The Morgan fingerprint density at radius 3 is 2.62 bits per heavy atom. The number of aryl methyl sites for hydroxylation is 1. The molecule has 1 atom stereocenters. The van der Waals surface area contributed by atoms with Crippen LogP contribution >= 0.6 is 23.4 Å². The number of carbonyl (C=O) groups excluding carboxylic acids is 2. The van der Waals surface area contributed by atoms with Crippen molar-refractivity contribution in [3.05, 3.63) is 53.1 Å². The van der Waals surface area contributed by atoms with E-state index in [1.807, 2.05) is 50.2 Å². The first-order valence-corrected chi connectivity index (χ1v) is 13.0. The van der Waals surface area contributed by atoms with Gasteiger partial charge in [0, 0.05) is 23.7 Å². The Balaban J connectivity index is 1.63.